The maximum absolute atomic E-state index is 13.1. The number of rotatable bonds is 8. The molecule has 3 N–H and O–H groups in total. The molecule has 0 radical (unpaired) electrons. The largest absolute Gasteiger partial charge is 0.493 e. The highest BCUT2D eigenvalue weighted by molar-refractivity contribution is 5.90. The van der Waals surface area contributed by atoms with Crippen molar-refractivity contribution >= 4 is 23.8 Å². The predicted octanol–water partition coefficient (Wildman–Crippen LogP) is 1.57. The van der Waals surface area contributed by atoms with Crippen LogP contribution in [0.15, 0.2) is 24.0 Å². The Morgan fingerprint density at radius 3 is 2.55 bits per heavy atom. The van der Waals surface area contributed by atoms with Gasteiger partial charge in [0, 0.05) is 12.5 Å². The van der Waals surface area contributed by atoms with Gasteiger partial charge in [0.1, 0.15) is 17.8 Å². The second kappa shape index (κ2) is 10.1. The van der Waals surface area contributed by atoms with E-state index in [1.54, 1.807) is 13.2 Å². The molecule has 1 aromatic carbocycles. The number of benzene rings is 1. The molecular weight excluding hydrogens is 520 g/mol. The summed E-state index contributed by atoms with van der Waals surface area (Å²) in [7, 11) is 1.57. The third kappa shape index (κ3) is 4.22. The average molecular weight is 557 g/mol. The number of methoxy groups -OCH3 is 1. The fourth-order valence-corrected chi connectivity index (χ4v) is 6.97. The molecule has 40 heavy (non-hydrogen) atoms. The quantitative estimate of drug-likeness (QED) is 0.406. The highest BCUT2D eigenvalue weighted by Crippen LogP contribution is 2.67. The maximum Gasteiger partial charge on any atom is 0.352 e. The number of hydrogen-bond donors (Lipinski definition) is 3. The van der Waals surface area contributed by atoms with E-state index in [1.165, 1.54) is 27.7 Å². The summed E-state index contributed by atoms with van der Waals surface area (Å²) in [5.41, 5.74) is 0.235. The van der Waals surface area contributed by atoms with Gasteiger partial charge in [-0.1, -0.05) is 12.5 Å². The molecule has 1 spiro atoms. The van der Waals surface area contributed by atoms with Crippen LogP contribution in [0.5, 0.6) is 11.5 Å². The van der Waals surface area contributed by atoms with Crippen LogP contribution in [0.2, 0.25) is 0 Å². The molecule has 1 aliphatic heterocycles. The molecule has 11 heteroatoms. The highest BCUT2D eigenvalue weighted by atomic mass is 16.6. The minimum Gasteiger partial charge on any atom is -0.493 e. The fourth-order valence-electron chi connectivity index (χ4n) is 6.97. The summed E-state index contributed by atoms with van der Waals surface area (Å²) in [6.07, 6.45) is 3.23. The van der Waals surface area contributed by atoms with Gasteiger partial charge in [0.05, 0.1) is 18.1 Å². The topological polar surface area (TPSA) is 149 Å². The van der Waals surface area contributed by atoms with Crippen LogP contribution in [0.25, 0.3) is 0 Å². The predicted molar refractivity (Wildman–Crippen MR) is 140 cm³/mol. The van der Waals surface area contributed by atoms with Gasteiger partial charge in [-0.2, -0.15) is 0 Å². The molecule has 3 aliphatic carbocycles. The van der Waals surface area contributed by atoms with Crippen LogP contribution < -0.4 is 20.1 Å². The average Bonchev–Trinajstić information content (AvgIpc) is 3.24. The molecule has 7 atom stereocenters. The first-order valence-electron chi connectivity index (χ1n) is 13.7. The van der Waals surface area contributed by atoms with Gasteiger partial charge in [-0.05, 0) is 70.1 Å². The van der Waals surface area contributed by atoms with E-state index in [0.717, 1.165) is 30.4 Å². The van der Waals surface area contributed by atoms with Gasteiger partial charge in [0.2, 0.25) is 11.8 Å². The van der Waals surface area contributed by atoms with E-state index >= 15 is 0 Å². The fraction of sp³-hybridized carbons (Fsp3) is 0.586. The van der Waals surface area contributed by atoms with Crippen LogP contribution in [-0.2, 0) is 40.5 Å². The van der Waals surface area contributed by atoms with Gasteiger partial charge in [-0.25, -0.2) is 9.59 Å². The van der Waals surface area contributed by atoms with E-state index in [4.69, 9.17) is 18.9 Å². The second-order valence-electron chi connectivity index (χ2n) is 11.3. The lowest BCUT2D eigenvalue weighted by Gasteiger charge is -2.59. The van der Waals surface area contributed by atoms with E-state index < -0.39 is 53.2 Å². The second-order valence-corrected chi connectivity index (χ2v) is 11.3. The minimum atomic E-state index is -1.28. The van der Waals surface area contributed by atoms with Crippen LogP contribution in [0.3, 0.4) is 0 Å². The molecule has 5 rings (SSSR count). The third-order valence-corrected chi connectivity index (χ3v) is 8.84. The normalized spacial score (nSPS) is 29.4. The van der Waals surface area contributed by atoms with E-state index in [9.17, 15) is 24.3 Å². The number of aliphatic hydroxyl groups is 1. The Morgan fingerprint density at radius 2 is 1.85 bits per heavy atom. The summed E-state index contributed by atoms with van der Waals surface area (Å²) in [6.45, 7) is 5.56. The number of esters is 2. The molecule has 0 unspecified atom stereocenters. The number of carbonyl (C=O) groups is 4. The minimum absolute atomic E-state index is 0.0534. The Hall–Kier alpha value is -3.60. The monoisotopic (exact) mass is 556 g/mol. The maximum atomic E-state index is 13.1. The van der Waals surface area contributed by atoms with E-state index in [0.29, 0.717) is 24.3 Å². The van der Waals surface area contributed by atoms with Crippen molar-refractivity contribution in [3.8, 4) is 11.5 Å². The van der Waals surface area contributed by atoms with Crippen LogP contribution >= 0.6 is 0 Å². The lowest BCUT2D eigenvalue weighted by molar-refractivity contribution is -0.172. The lowest BCUT2D eigenvalue weighted by atomic mass is 9.47. The van der Waals surface area contributed by atoms with Crippen molar-refractivity contribution in [3.05, 3.63) is 35.1 Å². The SMILES string of the molecule is COc1ccc2c3c1O[C@@H]1C(OC(=O)[C@H](C)OC(=O)[C@H](C)NC(=O)[C@H](C)NC(C)=O)=CC[C@]4(O)[C@@H](CCC[C@@]314)C2. The summed E-state index contributed by atoms with van der Waals surface area (Å²) >= 11 is 0. The Kier molecular flexibility index (Phi) is 7.06. The standard InChI is InChI=1S/C29H36N2O9/c1-14(30-17(4)32)25(33)31-15(2)26(34)38-16(3)27(35)39-21-10-12-29(36)19-7-6-11-28(29)22-18(13-19)8-9-20(37-5)23(22)40-24(21)28/h8-10,14-16,19,24,36H,6-7,11-13H2,1-5H3,(H,30,32)(H,31,33)/t14-,15-,16-,19-,24+,28+,29-/m0/s1. The summed E-state index contributed by atoms with van der Waals surface area (Å²) in [5.74, 6) is -1.13. The van der Waals surface area contributed by atoms with Crippen molar-refractivity contribution in [3.63, 3.8) is 0 Å². The number of amides is 2. The van der Waals surface area contributed by atoms with Gasteiger partial charge in [-0.3, -0.25) is 9.59 Å². The Balaban J connectivity index is 1.31. The zero-order valence-electron chi connectivity index (χ0n) is 23.4. The molecule has 2 bridgehead atoms. The molecule has 1 heterocycles. The van der Waals surface area contributed by atoms with Crippen molar-refractivity contribution < 1.29 is 43.2 Å². The first-order chi connectivity index (χ1) is 18.9. The summed E-state index contributed by atoms with van der Waals surface area (Å²) < 4.78 is 23.1. The first kappa shape index (κ1) is 27.9. The van der Waals surface area contributed by atoms with Gasteiger partial charge >= 0.3 is 11.9 Å². The molecule has 216 valence electrons. The number of carbonyl (C=O) groups excluding carboxylic acids is 4. The smallest absolute Gasteiger partial charge is 0.352 e. The van der Waals surface area contributed by atoms with Gasteiger partial charge in [-0.15, -0.1) is 0 Å². The van der Waals surface area contributed by atoms with Crippen LogP contribution in [0, 0.1) is 5.92 Å². The molecule has 1 aromatic rings. The molecule has 0 saturated heterocycles. The van der Waals surface area contributed by atoms with Crippen LogP contribution in [0.4, 0.5) is 0 Å². The third-order valence-electron chi connectivity index (χ3n) is 8.84. The van der Waals surface area contributed by atoms with Gasteiger partial charge in [0.25, 0.3) is 0 Å². The Labute approximate surface area is 232 Å². The van der Waals surface area contributed by atoms with Crippen molar-refractivity contribution in [2.45, 2.75) is 95.1 Å². The van der Waals surface area contributed by atoms with Crippen molar-refractivity contribution in [1.29, 1.82) is 0 Å². The molecule has 1 saturated carbocycles. The molecule has 0 aromatic heterocycles. The molecular formula is C29H36N2O9. The first-order valence-corrected chi connectivity index (χ1v) is 13.7. The number of ether oxygens (including phenoxy) is 4. The highest BCUT2D eigenvalue weighted by Gasteiger charge is 2.71. The molecule has 2 amide bonds. The van der Waals surface area contributed by atoms with E-state index in [-0.39, 0.29) is 17.6 Å². The van der Waals surface area contributed by atoms with E-state index in [2.05, 4.69) is 10.6 Å². The molecule has 11 nitrogen and oxygen atoms in total. The van der Waals surface area contributed by atoms with Crippen molar-refractivity contribution in [1.82, 2.24) is 10.6 Å². The van der Waals surface area contributed by atoms with Crippen LogP contribution in [-0.4, -0.2) is 65.9 Å². The lowest BCUT2D eigenvalue weighted by Crippen LogP contribution is -2.67. The van der Waals surface area contributed by atoms with Crippen LogP contribution in [0.1, 0.15) is 64.5 Å². The summed E-state index contributed by atoms with van der Waals surface area (Å²) in [6, 6.07) is 1.99. The zero-order valence-corrected chi connectivity index (χ0v) is 23.4. The summed E-state index contributed by atoms with van der Waals surface area (Å²) in [4.78, 5) is 49.1. The van der Waals surface area contributed by atoms with Crippen molar-refractivity contribution in [2.24, 2.45) is 5.92 Å². The number of nitrogens with one attached hydrogen (secondary N) is 2. The summed E-state index contributed by atoms with van der Waals surface area (Å²) in [5, 5.41) is 17.0. The Morgan fingerprint density at radius 1 is 1.10 bits per heavy atom. The Bertz CT molecular complexity index is 1290. The molecule has 4 aliphatic rings. The molecule has 1 fully saturated rings. The van der Waals surface area contributed by atoms with Gasteiger partial charge in [0.15, 0.2) is 23.7 Å². The number of hydrogen-bond acceptors (Lipinski definition) is 9. The van der Waals surface area contributed by atoms with E-state index in [1.807, 2.05) is 12.1 Å². The van der Waals surface area contributed by atoms with Gasteiger partial charge < -0.3 is 34.7 Å². The van der Waals surface area contributed by atoms with Crippen molar-refractivity contribution in [2.75, 3.05) is 7.11 Å². The zero-order chi connectivity index (χ0) is 29.0.